The molecule has 7 heteroatoms. The van der Waals surface area contributed by atoms with Gasteiger partial charge in [0.2, 0.25) is 5.88 Å². The second kappa shape index (κ2) is 7.43. The van der Waals surface area contributed by atoms with Gasteiger partial charge < -0.3 is 15.2 Å². The number of halogens is 2. The molecule has 0 aliphatic carbocycles. The highest BCUT2D eigenvalue weighted by molar-refractivity contribution is 6.35. The lowest BCUT2D eigenvalue weighted by Crippen LogP contribution is -2.25. The molecule has 0 saturated carbocycles. The number of ether oxygens (including phenoxy) is 2. The van der Waals surface area contributed by atoms with Crippen LogP contribution in [-0.4, -0.2) is 12.6 Å². The number of nitrogens with zero attached hydrogens (tertiary/aromatic N) is 1. The maximum atomic E-state index is 12.4. The Labute approximate surface area is 149 Å². The number of carbonyl (C=O) groups is 1. The summed E-state index contributed by atoms with van der Waals surface area (Å²) in [5.41, 5.74) is 6.56. The Morgan fingerprint density at radius 3 is 2.83 bits per heavy atom. The fourth-order valence-corrected chi connectivity index (χ4v) is 2.92. The van der Waals surface area contributed by atoms with Gasteiger partial charge in [-0.15, -0.1) is 0 Å². The zero-order valence-electron chi connectivity index (χ0n) is 12.8. The van der Waals surface area contributed by atoms with Crippen molar-refractivity contribution in [1.29, 1.82) is 5.26 Å². The minimum absolute atomic E-state index is 0.0256. The number of nitriles is 1. The molecule has 0 aromatic heterocycles. The van der Waals surface area contributed by atoms with Crippen molar-refractivity contribution in [2.75, 3.05) is 6.61 Å². The van der Waals surface area contributed by atoms with E-state index >= 15 is 0 Å². The molecule has 0 radical (unpaired) electrons. The zero-order valence-corrected chi connectivity index (χ0v) is 14.3. The van der Waals surface area contributed by atoms with Gasteiger partial charge in [-0.05, 0) is 24.6 Å². The van der Waals surface area contributed by atoms with Gasteiger partial charge in [0.1, 0.15) is 24.0 Å². The quantitative estimate of drug-likeness (QED) is 0.648. The molecule has 0 saturated heterocycles. The van der Waals surface area contributed by atoms with E-state index in [4.69, 9.17) is 38.4 Å². The number of esters is 1. The first-order valence-corrected chi connectivity index (χ1v) is 7.67. The number of benzene rings is 1. The molecule has 2 N–H and O–H groups in total. The first kappa shape index (κ1) is 17.9. The van der Waals surface area contributed by atoms with E-state index in [1.165, 1.54) is 12.1 Å². The van der Waals surface area contributed by atoms with Crippen molar-refractivity contribution >= 4 is 29.2 Å². The van der Waals surface area contributed by atoms with Gasteiger partial charge in [-0.1, -0.05) is 41.9 Å². The summed E-state index contributed by atoms with van der Waals surface area (Å²) in [6.45, 7) is 5.10. The van der Waals surface area contributed by atoms with Crippen molar-refractivity contribution in [2.45, 2.75) is 12.8 Å². The minimum atomic E-state index is -0.800. The largest absolute Gasteiger partial charge is 0.458 e. The molecule has 1 aromatic rings. The van der Waals surface area contributed by atoms with Crippen LogP contribution in [0.25, 0.3) is 0 Å². The average molecular weight is 365 g/mol. The number of allylic oxidation sites excluding steroid dienone is 2. The van der Waals surface area contributed by atoms with Crippen LogP contribution < -0.4 is 5.73 Å². The standard InChI is InChI=1S/C17H14Cl2N2O3/c1-3-6-23-17(22)14-9(2)24-16(21)12(8-20)15(14)11-5-4-10(18)7-13(11)19/h3-5,7,15H,1,6,21H2,2H3. The van der Waals surface area contributed by atoms with E-state index in [0.717, 1.165) is 0 Å². The highest BCUT2D eigenvalue weighted by Crippen LogP contribution is 2.42. The number of rotatable bonds is 4. The Morgan fingerprint density at radius 2 is 2.25 bits per heavy atom. The number of hydrogen-bond acceptors (Lipinski definition) is 5. The van der Waals surface area contributed by atoms with E-state index in [-0.39, 0.29) is 29.4 Å². The van der Waals surface area contributed by atoms with Crippen molar-refractivity contribution < 1.29 is 14.3 Å². The van der Waals surface area contributed by atoms with Crippen LogP contribution in [0.5, 0.6) is 0 Å². The van der Waals surface area contributed by atoms with Gasteiger partial charge in [-0.3, -0.25) is 0 Å². The molecule has 1 aliphatic heterocycles. The molecule has 0 spiro atoms. The molecule has 2 rings (SSSR count). The molecule has 5 nitrogen and oxygen atoms in total. The third-order valence-corrected chi connectivity index (χ3v) is 3.99. The van der Waals surface area contributed by atoms with Gasteiger partial charge in [-0.2, -0.15) is 5.26 Å². The second-order valence-electron chi connectivity index (χ2n) is 4.95. The van der Waals surface area contributed by atoms with Crippen LogP contribution >= 0.6 is 23.2 Å². The molecule has 1 atom stereocenters. The Bertz CT molecular complexity index is 807. The zero-order chi connectivity index (χ0) is 17.9. The van der Waals surface area contributed by atoms with Crippen LogP contribution in [0.4, 0.5) is 0 Å². The Balaban J connectivity index is 2.62. The molecule has 1 aromatic carbocycles. The van der Waals surface area contributed by atoms with Crippen molar-refractivity contribution in [3.8, 4) is 6.07 Å². The van der Waals surface area contributed by atoms with Crippen LogP contribution in [0.2, 0.25) is 10.0 Å². The molecular weight excluding hydrogens is 351 g/mol. The summed E-state index contributed by atoms with van der Waals surface area (Å²) in [4.78, 5) is 12.4. The average Bonchev–Trinajstić information content (AvgIpc) is 2.52. The van der Waals surface area contributed by atoms with Crippen molar-refractivity contribution in [1.82, 2.24) is 0 Å². The topological polar surface area (TPSA) is 85.3 Å². The third kappa shape index (κ3) is 3.40. The fourth-order valence-electron chi connectivity index (χ4n) is 2.40. The molecule has 1 heterocycles. The molecule has 24 heavy (non-hydrogen) atoms. The number of hydrogen-bond donors (Lipinski definition) is 1. The van der Waals surface area contributed by atoms with E-state index in [1.807, 2.05) is 6.07 Å². The Morgan fingerprint density at radius 1 is 1.54 bits per heavy atom. The Hall–Kier alpha value is -2.42. The summed E-state index contributed by atoms with van der Waals surface area (Å²) >= 11 is 12.2. The van der Waals surface area contributed by atoms with Crippen molar-refractivity contribution in [3.05, 3.63) is 69.3 Å². The summed E-state index contributed by atoms with van der Waals surface area (Å²) in [5, 5.41) is 10.2. The predicted molar refractivity (Wildman–Crippen MR) is 91.0 cm³/mol. The van der Waals surface area contributed by atoms with Gasteiger partial charge in [0.15, 0.2) is 0 Å². The third-order valence-electron chi connectivity index (χ3n) is 3.43. The predicted octanol–water partition coefficient (Wildman–Crippen LogP) is 3.80. The van der Waals surface area contributed by atoms with Gasteiger partial charge in [0.25, 0.3) is 0 Å². The summed E-state index contributed by atoms with van der Waals surface area (Å²) in [5.74, 6) is -1.27. The lowest BCUT2D eigenvalue weighted by Gasteiger charge is -2.27. The van der Waals surface area contributed by atoms with Crippen molar-refractivity contribution in [2.24, 2.45) is 5.73 Å². The smallest absolute Gasteiger partial charge is 0.338 e. The van der Waals surface area contributed by atoms with Crippen LogP contribution in [-0.2, 0) is 14.3 Å². The van der Waals surface area contributed by atoms with E-state index < -0.39 is 11.9 Å². The number of nitrogens with two attached hydrogens (primary N) is 1. The molecule has 0 fully saturated rings. The van der Waals surface area contributed by atoms with Gasteiger partial charge in [0.05, 0.1) is 11.5 Å². The fraction of sp³-hybridized carbons (Fsp3) is 0.176. The summed E-state index contributed by atoms with van der Waals surface area (Å²) in [6.07, 6.45) is 1.44. The molecule has 124 valence electrons. The lowest BCUT2D eigenvalue weighted by molar-refractivity contribution is -0.138. The highest BCUT2D eigenvalue weighted by Gasteiger charge is 2.37. The van der Waals surface area contributed by atoms with E-state index in [0.29, 0.717) is 15.6 Å². The summed E-state index contributed by atoms with van der Waals surface area (Å²) in [7, 11) is 0. The SMILES string of the molecule is C=CCOC(=O)C1=C(C)OC(N)=C(C#N)C1c1ccc(Cl)cc1Cl. The van der Waals surface area contributed by atoms with Gasteiger partial charge in [-0.25, -0.2) is 4.79 Å². The molecule has 1 aliphatic rings. The molecular formula is C17H14Cl2N2O3. The van der Waals surface area contributed by atoms with Crippen molar-refractivity contribution in [3.63, 3.8) is 0 Å². The maximum Gasteiger partial charge on any atom is 0.338 e. The van der Waals surface area contributed by atoms with E-state index in [9.17, 15) is 10.1 Å². The minimum Gasteiger partial charge on any atom is -0.458 e. The molecule has 0 bridgehead atoms. The van der Waals surface area contributed by atoms with E-state index in [2.05, 4.69) is 6.58 Å². The van der Waals surface area contributed by atoms with Gasteiger partial charge >= 0.3 is 5.97 Å². The van der Waals surface area contributed by atoms with Crippen LogP contribution in [0.15, 0.2) is 53.6 Å². The summed E-state index contributed by atoms with van der Waals surface area (Å²) in [6, 6.07) is 6.77. The maximum absolute atomic E-state index is 12.4. The Kier molecular flexibility index (Phi) is 5.55. The number of carbonyl (C=O) groups excluding carboxylic acids is 1. The first-order valence-electron chi connectivity index (χ1n) is 6.92. The van der Waals surface area contributed by atoms with Crippen LogP contribution in [0.1, 0.15) is 18.4 Å². The molecule has 1 unspecified atom stereocenters. The summed E-state index contributed by atoms with van der Waals surface area (Å²) < 4.78 is 10.4. The van der Waals surface area contributed by atoms with Crippen LogP contribution in [0.3, 0.4) is 0 Å². The second-order valence-corrected chi connectivity index (χ2v) is 5.79. The monoisotopic (exact) mass is 364 g/mol. The van der Waals surface area contributed by atoms with Crippen LogP contribution in [0, 0.1) is 11.3 Å². The normalized spacial score (nSPS) is 17.2. The highest BCUT2D eigenvalue weighted by atomic mass is 35.5. The van der Waals surface area contributed by atoms with E-state index in [1.54, 1.807) is 19.1 Å². The van der Waals surface area contributed by atoms with Gasteiger partial charge in [0, 0.05) is 10.0 Å². The lowest BCUT2D eigenvalue weighted by atomic mass is 9.83. The molecule has 0 amide bonds. The first-order chi connectivity index (χ1) is 11.4.